The van der Waals surface area contributed by atoms with Crippen molar-refractivity contribution in [2.24, 2.45) is 0 Å². The average molecular weight is 304 g/mol. The van der Waals surface area contributed by atoms with Crippen LogP contribution >= 0.6 is 11.8 Å². The Bertz CT molecular complexity index is 499. The zero-order chi connectivity index (χ0) is 14.8. The molecule has 0 aliphatic carbocycles. The first-order chi connectivity index (χ1) is 9.38. The molecule has 1 aliphatic rings. The van der Waals surface area contributed by atoms with Crippen LogP contribution in [0.5, 0.6) is 0 Å². The molecule has 20 heavy (non-hydrogen) atoms. The quantitative estimate of drug-likeness (QED) is 0.826. The van der Waals surface area contributed by atoms with Gasteiger partial charge in [-0.05, 0) is 36.8 Å². The molecular formula is C13H15F3N2OS. The summed E-state index contributed by atoms with van der Waals surface area (Å²) in [7, 11) is 0. The zero-order valence-corrected chi connectivity index (χ0v) is 11.5. The maximum Gasteiger partial charge on any atom is 0.418 e. The van der Waals surface area contributed by atoms with Gasteiger partial charge in [-0.1, -0.05) is 0 Å². The highest BCUT2D eigenvalue weighted by Crippen LogP contribution is 2.34. The summed E-state index contributed by atoms with van der Waals surface area (Å²) in [6.45, 7) is 0. The number of benzene rings is 1. The molecule has 2 rings (SSSR count). The van der Waals surface area contributed by atoms with E-state index in [1.54, 1.807) is 11.8 Å². The summed E-state index contributed by atoms with van der Waals surface area (Å²) in [6.07, 6.45) is -2.69. The molecule has 0 radical (unpaired) electrons. The second-order valence-electron chi connectivity index (χ2n) is 4.69. The van der Waals surface area contributed by atoms with Crippen molar-refractivity contribution in [2.75, 3.05) is 17.2 Å². The number of nitrogens with two attached hydrogens (primary N) is 1. The number of hydrogen-bond donors (Lipinski definition) is 2. The van der Waals surface area contributed by atoms with Crippen molar-refractivity contribution in [3.8, 4) is 0 Å². The molecular weight excluding hydrogens is 289 g/mol. The van der Waals surface area contributed by atoms with Crippen LogP contribution in [0.1, 0.15) is 28.8 Å². The number of nitrogens with one attached hydrogen (secondary N) is 1. The van der Waals surface area contributed by atoms with Crippen LogP contribution in [0, 0.1) is 0 Å². The lowest BCUT2D eigenvalue weighted by molar-refractivity contribution is -0.136. The summed E-state index contributed by atoms with van der Waals surface area (Å²) in [5, 5.41) is 2.77. The molecule has 3 N–H and O–H groups in total. The van der Waals surface area contributed by atoms with Gasteiger partial charge in [0.05, 0.1) is 5.56 Å². The molecule has 0 bridgehead atoms. The van der Waals surface area contributed by atoms with Gasteiger partial charge in [-0.25, -0.2) is 0 Å². The van der Waals surface area contributed by atoms with Crippen molar-refractivity contribution in [3.05, 3.63) is 29.3 Å². The monoisotopic (exact) mass is 304 g/mol. The second kappa shape index (κ2) is 5.95. The summed E-state index contributed by atoms with van der Waals surface area (Å²) < 4.78 is 38.2. The lowest BCUT2D eigenvalue weighted by Crippen LogP contribution is -2.38. The van der Waals surface area contributed by atoms with Crippen LogP contribution in [-0.2, 0) is 6.18 Å². The van der Waals surface area contributed by atoms with E-state index >= 15 is 0 Å². The van der Waals surface area contributed by atoms with E-state index in [1.165, 1.54) is 6.07 Å². The van der Waals surface area contributed by atoms with Gasteiger partial charge in [-0.15, -0.1) is 0 Å². The fourth-order valence-electron chi connectivity index (χ4n) is 2.07. The number of thioether (sulfide) groups is 1. The zero-order valence-electron chi connectivity index (χ0n) is 10.7. The standard InChI is InChI=1S/C13H15F3N2OS/c14-13(15,16)10-6-8(3-4-11(10)17)12(19)18-9-2-1-5-20-7-9/h3-4,6,9H,1-2,5,7,17H2,(H,18,19). The van der Waals surface area contributed by atoms with Gasteiger partial charge in [-0.2, -0.15) is 24.9 Å². The van der Waals surface area contributed by atoms with Gasteiger partial charge in [0.25, 0.3) is 5.91 Å². The van der Waals surface area contributed by atoms with Crippen LogP contribution in [0.3, 0.4) is 0 Å². The Balaban J connectivity index is 2.13. The van der Waals surface area contributed by atoms with Gasteiger partial charge < -0.3 is 11.1 Å². The Labute approximate surface area is 119 Å². The molecule has 1 amide bonds. The number of hydrogen-bond acceptors (Lipinski definition) is 3. The third kappa shape index (κ3) is 3.59. The summed E-state index contributed by atoms with van der Waals surface area (Å²) >= 11 is 1.74. The van der Waals surface area contributed by atoms with E-state index in [0.717, 1.165) is 36.5 Å². The van der Waals surface area contributed by atoms with Crippen molar-refractivity contribution in [1.82, 2.24) is 5.32 Å². The van der Waals surface area contributed by atoms with Gasteiger partial charge >= 0.3 is 6.18 Å². The van der Waals surface area contributed by atoms with E-state index in [1.807, 2.05) is 0 Å². The molecule has 3 nitrogen and oxygen atoms in total. The lowest BCUT2D eigenvalue weighted by Gasteiger charge is -2.22. The molecule has 1 aliphatic heterocycles. The molecule has 1 unspecified atom stereocenters. The number of halogens is 3. The lowest BCUT2D eigenvalue weighted by atomic mass is 10.1. The maximum absolute atomic E-state index is 12.7. The normalized spacial score (nSPS) is 19.6. The number of rotatable bonds is 2. The van der Waals surface area contributed by atoms with Crippen LogP contribution in [0.2, 0.25) is 0 Å². The number of amides is 1. The van der Waals surface area contributed by atoms with Crippen molar-refractivity contribution < 1.29 is 18.0 Å². The summed E-state index contributed by atoms with van der Waals surface area (Å²) in [4.78, 5) is 12.0. The minimum Gasteiger partial charge on any atom is -0.398 e. The van der Waals surface area contributed by atoms with Gasteiger partial charge in [0.2, 0.25) is 0 Å². The minimum atomic E-state index is -4.55. The minimum absolute atomic E-state index is 0.0119. The largest absolute Gasteiger partial charge is 0.418 e. The molecule has 1 fully saturated rings. The third-order valence-electron chi connectivity index (χ3n) is 3.12. The van der Waals surface area contributed by atoms with Gasteiger partial charge in [-0.3, -0.25) is 4.79 Å². The van der Waals surface area contributed by atoms with Crippen LogP contribution in [-0.4, -0.2) is 23.5 Å². The molecule has 1 heterocycles. The fourth-order valence-corrected chi connectivity index (χ4v) is 3.14. The highest BCUT2D eigenvalue weighted by molar-refractivity contribution is 7.99. The first-order valence-corrected chi connectivity index (χ1v) is 7.39. The van der Waals surface area contributed by atoms with Crippen LogP contribution in [0.15, 0.2) is 18.2 Å². The highest BCUT2D eigenvalue weighted by Gasteiger charge is 2.33. The Hall–Kier alpha value is -1.37. The topological polar surface area (TPSA) is 55.1 Å². The van der Waals surface area contributed by atoms with Gasteiger partial charge in [0, 0.05) is 23.0 Å². The first kappa shape index (κ1) is 15.0. The number of anilines is 1. The third-order valence-corrected chi connectivity index (χ3v) is 4.33. The van der Waals surface area contributed by atoms with E-state index in [4.69, 9.17) is 5.73 Å². The Morgan fingerprint density at radius 3 is 2.75 bits per heavy atom. The van der Waals surface area contributed by atoms with Crippen molar-refractivity contribution in [1.29, 1.82) is 0 Å². The molecule has 0 spiro atoms. The molecule has 1 aromatic carbocycles. The maximum atomic E-state index is 12.7. The van der Waals surface area contributed by atoms with E-state index < -0.39 is 17.6 Å². The van der Waals surface area contributed by atoms with Crippen molar-refractivity contribution in [3.63, 3.8) is 0 Å². The summed E-state index contributed by atoms with van der Waals surface area (Å²) in [5.41, 5.74) is 3.95. The molecule has 0 saturated carbocycles. The van der Waals surface area contributed by atoms with E-state index in [2.05, 4.69) is 5.32 Å². The number of alkyl halides is 3. The second-order valence-corrected chi connectivity index (χ2v) is 5.84. The summed E-state index contributed by atoms with van der Waals surface area (Å²) in [6, 6.07) is 3.26. The smallest absolute Gasteiger partial charge is 0.398 e. The molecule has 0 aromatic heterocycles. The highest BCUT2D eigenvalue weighted by atomic mass is 32.2. The number of nitrogen functional groups attached to an aromatic ring is 1. The Morgan fingerprint density at radius 1 is 1.40 bits per heavy atom. The number of carbonyl (C=O) groups is 1. The SMILES string of the molecule is Nc1ccc(C(=O)NC2CCCSC2)cc1C(F)(F)F. The molecule has 7 heteroatoms. The van der Waals surface area contributed by atoms with Crippen LogP contribution in [0.4, 0.5) is 18.9 Å². The van der Waals surface area contributed by atoms with Gasteiger partial charge in [0.1, 0.15) is 0 Å². The predicted octanol–water partition coefficient (Wildman–Crippen LogP) is 2.91. The molecule has 1 saturated heterocycles. The number of carbonyl (C=O) groups excluding carboxylic acids is 1. The fraction of sp³-hybridized carbons (Fsp3) is 0.462. The van der Waals surface area contributed by atoms with Crippen molar-refractivity contribution >= 4 is 23.4 Å². The van der Waals surface area contributed by atoms with Crippen molar-refractivity contribution in [2.45, 2.75) is 25.1 Å². The Kier molecular flexibility index (Phi) is 4.47. The van der Waals surface area contributed by atoms with Crippen LogP contribution < -0.4 is 11.1 Å². The summed E-state index contributed by atoms with van der Waals surface area (Å²) in [5.74, 6) is 1.38. The molecule has 1 atom stereocenters. The molecule has 1 aromatic rings. The van der Waals surface area contributed by atoms with E-state index in [0.29, 0.717) is 0 Å². The van der Waals surface area contributed by atoms with Crippen LogP contribution in [0.25, 0.3) is 0 Å². The average Bonchev–Trinajstić information content (AvgIpc) is 2.39. The Morgan fingerprint density at radius 2 is 2.15 bits per heavy atom. The van der Waals surface area contributed by atoms with E-state index in [-0.39, 0.29) is 17.3 Å². The van der Waals surface area contributed by atoms with Gasteiger partial charge in [0.15, 0.2) is 0 Å². The first-order valence-electron chi connectivity index (χ1n) is 6.23. The molecule has 110 valence electrons. The van der Waals surface area contributed by atoms with E-state index in [9.17, 15) is 18.0 Å². The predicted molar refractivity (Wildman–Crippen MR) is 73.7 cm³/mol.